The molecule has 0 bridgehead atoms. The highest BCUT2D eigenvalue weighted by atomic mass is 35.5. The lowest BCUT2D eigenvalue weighted by atomic mass is 10.0. The molecule has 0 fully saturated rings. The van der Waals surface area contributed by atoms with Crippen LogP contribution in [-0.2, 0) is 16.0 Å². The maximum atomic E-state index is 12.7. The molecule has 1 heterocycles. The predicted molar refractivity (Wildman–Crippen MR) is 114 cm³/mol. The van der Waals surface area contributed by atoms with Gasteiger partial charge in [0.25, 0.3) is 0 Å². The van der Waals surface area contributed by atoms with Crippen LogP contribution in [0.3, 0.4) is 0 Å². The monoisotopic (exact) mass is 429 g/mol. The van der Waals surface area contributed by atoms with Crippen molar-refractivity contribution in [3.63, 3.8) is 0 Å². The largest absolute Gasteiger partial charge is 0.496 e. The zero-order valence-electron chi connectivity index (χ0n) is 16.9. The van der Waals surface area contributed by atoms with E-state index in [0.717, 1.165) is 0 Å². The van der Waals surface area contributed by atoms with Gasteiger partial charge in [-0.05, 0) is 49.7 Å². The third-order valence-corrected chi connectivity index (χ3v) is 5.11. The third-order valence-electron chi connectivity index (χ3n) is 4.87. The first kappa shape index (κ1) is 21.4. The number of hydrogen-bond acceptors (Lipinski definition) is 6. The van der Waals surface area contributed by atoms with E-state index in [1.807, 2.05) is 0 Å². The summed E-state index contributed by atoms with van der Waals surface area (Å²) in [5.74, 6) is -0.512. The van der Waals surface area contributed by atoms with E-state index >= 15 is 0 Å². The summed E-state index contributed by atoms with van der Waals surface area (Å²) in [7, 11) is 2.78. The summed E-state index contributed by atoms with van der Waals surface area (Å²) < 4.78 is 15.5. The molecule has 0 saturated carbocycles. The number of aryl methyl sites for hydroxylation is 2. The zero-order chi connectivity index (χ0) is 22.0. The molecule has 0 aliphatic carbocycles. The maximum Gasteiger partial charge on any atom is 0.340 e. The van der Waals surface area contributed by atoms with E-state index in [9.17, 15) is 14.4 Å². The van der Waals surface area contributed by atoms with Crippen LogP contribution in [0, 0.1) is 13.8 Å². The van der Waals surface area contributed by atoms with Gasteiger partial charge in [0.05, 0.1) is 37.5 Å². The molecular formula is C22H20ClNO6. The average molecular weight is 430 g/mol. The van der Waals surface area contributed by atoms with Gasteiger partial charge in [0.15, 0.2) is 0 Å². The number of carbonyl (C=O) groups is 2. The van der Waals surface area contributed by atoms with Crippen LogP contribution >= 0.6 is 11.6 Å². The molecular weight excluding hydrogens is 410 g/mol. The van der Waals surface area contributed by atoms with E-state index in [0.29, 0.717) is 32.9 Å². The van der Waals surface area contributed by atoms with E-state index in [2.05, 4.69) is 5.32 Å². The Morgan fingerprint density at radius 3 is 2.50 bits per heavy atom. The van der Waals surface area contributed by atoms with E-state index in [-0.39, 0.29) is 23.2 Å². The van der Waals surface area contributed by atoms with Crippen molar-refractivity contribution in [2.24, 2.45) is 0 Å². The fourth-order valence-electron chi connectivity index (χ4n) is 3.26. The molecule has 0 aliphatic rings. The minimum atomic E-state index is -0.618. The molecule has 0 aliphatic heterocycles. The Labute approximate surface area is 177 Å². The second kappa shape index (κ2) is 8.59. The Morgan fingerprint density at radius 1 is 1.10 bits per heavy atom. The third kappa shape index (κ3) is 4.02. The fraction of sp³-hybridized carbons (Fsp3) is 0.227. The molecule has 1 amide bonds. The minimum absolute atomic E-state index is 0.153. The quantitative estimate of drug-likeness (QED) is 0.486. The molecule has 0 atom stereocenters. The van der Waals surface area contributed by atoms with Crippen LogP contribution in [0.5, 0.6) is 5.75 Å². The van der Waals surface area contributed by atoms with Crippen molar-refractivity contribution < 1.29 is 23.5 Å². The number of amides is 1. The number of carbonyl (C=O) groups excluding carboxylic acids is 2. The molecule has 3 rings (SSSR count). The zero-order valence-corrected chi connectivity index (χ0v) is 17.7. The summed E-state index contributed by atoms with van der Waals surface area (Å²) in [6, 6.07) is 7.98. The van der Waals surface area contributed by atoms with Crippen LogP contribution in [0.2, 0.25) is 5.02 Å². The van der Waals surface area contributed by atoms with E-state index in [4.69, 9.17) is 25.5 Å². The van der Waals surface area contributed by atoms with Crippen molar-refractivity contribution in [2.75, 3.05) is 19.5 Å². The highest BCUT2D eigenvalue weighted by Crippen LogP contribution is 2.29. The lowest BCUT2D eigenvalue weighted by Crippen LogP contribution is -2.22. The van der Waals surface area contributed by atoms with Crippen molar-refractivity contribution in [3.05, 3.63) is 68.0 Å². The van der Waals surface area contributed by atoms with Crippen LogP contribution in [0.4, 0.5) is 5.69 Å². The van der Waals surface area contributed by atoms with Crippen molar-refractivity contribution in [3.8, 4) is 5.75 Å². The summed E-state index contributed by atoms with van der Waals surface area (Å²) in [5.41, 5.74) is 1.73. The van der Waals surface area contributed by atoms with Gasteiger partial charge < -0.3 is 19.2 Å². The lowest BCUT2D eigenvalue weighted by molar-refractivity contribution is -0.115. The van der Waals surface area contributed by atoms with Crippen molar-refractivity contribution in [1.82, 2.24) is 0 Å². The normalized spacial score (nSPS) is 10.7. The number of fused-ring (bicyclic) bond motifs is 1. The van der Waals surface area contributed by atoms with Crippen molar-refractivity contribution in [2.45, 2.75) is 20.3 Å². The minimum Gasteiger partial charge on any atom is -0.496 e. The topological polar surface area (TPSA) is 94.8 Å². The van der Waals surface area contributed by atoms with Gasteiger partial charge >= 0.3 is 11.6 Å². The molecule has 0 saturated heterocycles. The Kier molecular flexibility index (Phi) is 6.12. The maximum absolute atomic E-state index is 12.7. The Morgan fingerprint density at radius 2 is 1.83 bits per heavy atom. The Hall–Kier alpha value is -3.32. The SMILES string of the molecule is COC(=O)c1ccc(Cl)cc1NC(=O)Cc1c(C)c2ccc(OC)c(C)c2oc1=O. The number of halogens is 1. The second-order valence-corrected chi connectivity index (χ2v) is 7.11. The summed E-state index contributed by atoms with van der Waals surface area (Å²) >= 11 is 5.99. The van der Waals surface area contributed by atoms with Crippen LogP contribution in [0.25, 0.3) is 11.0 Å². The van der Waals surface area contributed by atoms with Gasteiger partial charge in [0.2, 0.25) is 5.91 Å². The number of nitrogens with one attached hydrogen (secondary N) is 1. The molecule has 0 spiro atoms. The molecule has 156 valence electrons. The number of rotatable bonds is 5. The van der Waals surface area contributed by atoms with Crippen LogP contribution < -0.4 is 15.7 Å². The first-order valence-corrected chi connectivity index (χ1v) is 9.42. The van der Waals surface area contributed by atoms with Gasteiger partial charge in [-0.25, -0.2) is 9.59 Å². The highest BCUT2D eigenvalue weighted by Gasteiger charge is 2.19. The first-order valence-electron chi connectivity index (χ1n) is 9.04. The van der Waals surface area contributed by atoms with Gasteiger partial charge in [0.1, 0.15) is 11.3 Å². The molecule has 3 aromatic rings. The molecule has 1 N–H and O–H groups in total. The molecule has 2 aromatic carbocycles. The van der Waals surface area contributed by atoms with Crippen LogP contribution in [0.15, 0.2) is 39.5 Å². The van der Waals surface area contributed by atoms with Gasteiger partial charge in [0, 0.05) is 16.0 Å². The van der Waals surface area contributed by atoms with E-state index in [1.54, 1.807) is 26.0 Å². The first-order chi connectivity index (χ1) is 14.3. The Balaban J connectivity index is 1.96. The second-order valence-electron chi connectivity index (χ2n) is 6.67. The summed E-state index contributed by atoms with van der Waals surface area (Å²) in [4.78, 5) is 37.2. The van der Waals surface area contributed by atoms with E-state index in [1.165, 1.54) is 32.4 Å². The summed E-state index contributed by atoms with van der Waals surface area (Å²) in [6.07, 6.45) is -0.234. The number of ether oxygens (including phenoxy) is 2. The number of esters is 1. The van der Waals surface area contributed by atoms with Crippen LogP contribution in [-0.4, -0.2) is 26.1 Å². The molecule has 0 radical (unpaired) electrons. The Bertz CT molecular complexity index is 1210. The molecule has 0 unspecified atom stereocenters. The lowest BCUT2D eigenvalue weighted by Gasteiger charge is -2.13. The van der Waals surface area contributed by atoms with Crippen LogP contribution in [0.1, 0.15) is 27.0 Å². The molecule has 1 aromatic heterocycles. The summed E-state index contributed by atoms with van der Waals surface area (Å²) in [5, 5.41) is 3.68. The smallest absolute Gasteiger partial charge is 0.340 e. The fourth-order valence-corrected chi connectivity index (χ4v) is 3.43. The van der Waals surface area contributed by atoms with E-state index < -0.39 is 17.5 Å². The summed E-state index contributed by atoms with van der Waals surface area (Å²) in [6.45, 7) is 3.55. The van der Waals surface area contributed by atoms with Gasteiger partial charge in [-0.2, -0.15) is 0 Å². The average Bonchev–Trinajstić information content (AvgIpc) is 2.71. The molecule has 7 nitrogen and oxygen atoms in total. The number of methoxy groups -OCH3 is 2. The molecule has 8 heteroatoms. The van der Waals surface area contributed by atoms with Gasteiger partial charge in [-0.1, -0.05) is 11.6 Å². The highest BCUT2D eigenvalue weighted by molar-refractivity contribution is 6.31. The number of hydrogen-bond donors (Lipinski definition) is 1. The van der Waals surface area contributed by atoms with Gasteiger partial charge in [-0.3, -0.25) is 4.79 Å². The molecule has 30 heavy (non-hydrogen) atoms. The van der Waals surface area contributed by atoms with Crippen molar-refractivity contribution in [1.29, 1.82) is 0 Å². The standard InChI is InChI=1S/C22H20ClNO6/c1-11-14-7-8-18(28-3)12(2)20(14)30-22(27)16(11)10-19(25)24-17-9-13(23)5-6-15(17)21(26)29-4/h5-9H,10H2,1-4H3,(H,24,25). The van der Waals surface area contributed by atoms with Gasteiger partial charge in [-0.15, -0.1) is 0 Å². The van der Waals surface area contributed by atoms with Crippen molar-refractivity contribution >= 4 is 40.1 Å². The number of benzene rings is 2. The number of anilines is 1. The predicted octanol–water partition coefficient (Wildman–Crippen LogP) is 4.04.